The molecule has 3 nitrogen and oxygen atoms in total. The molecule has 1 atom stereocenters. The largest absolute Gasteiger partial charge is 0.324 e. The van der Waals surface area contributed by atoms with E-state index in [4.69, 9.17) is 4.55 Å². The van der Waals surface area contributed by atoms with Crippen LogP contribution in [0.2, 0.25) is 0 Å². The maximum Gasteiger partial charge on any atom is 0.152 e. The summed E-state index contributed by atoms with van der Waals surface area (Å²) in [5.41, 5.74) is 0. The van der Waals surface area contributed by atoms with Gasteiger partial charge < -0.3 is 9.04 Å². The maximum absolute atomic E-state index is 10.4. The molecule has 86 valence electrons. The van der Waals surface area contributed by atoms with Gasteiger partial charge in [-0.2, -0.15) is 0 Å². The van der Waals surface area contributed by atoms with Crippen molar-refractivity contribution in [3.63, 3.8) is 0 Å². The Morgan fingerprint density at radius 1 is 1.07 bits per heavy atom. The van der Waals surface area contributed by atoms with Gasteiger partial charge in [-0.3, -0.25) is 0 Å². The maximum atomic E-state index is 10.4. The molecule has 1 unspecified atom stereocenters. The molecule has 0 rings (SSSR count). The van der Waals surface area contributed by atoms with Crippen LogP contribution in [0.1, 0.15) is 33.6 Å². The third-order valence-corrected chi connectivity index (χ3v) is 3.85. The average Bonchev–Trinajstić information content (AvgIpc) is 2.19. The molecule has 0 saturated heterocycles. The zero-order valence-electron chi connectivity index (χ0n) is 9.66. The Hall–Kier alpha value is 0.0700. The summed E-state index contributed by atoms with van der Waals surface area (Å²) in [5, 5.41) is 0. The van der Waals surface area contributed by atoms with Gasteiger partial charge in [0, 0.05) is 5.75 Å². The highest BCUT2D eigenvalue weighted by molar-refractivity contribution is 7.79. The molecule has 0 aromatic heterocycles. The topological polar surface area (TPSA) is 37.3 Å². The number of nitrogens with zero attached hydrogens (tertiary/aromatic N) is 1. The minimum atomic E-state index is -1.61. The summed E-state index contributed by atoms with van der Waals surface area (Å²) >= 11 is -1.61. The first-order valence-corrected chi connectivity index (χ1v) is 6.80. The Balaban J connectivity index is 3.77. The van der Waals surface area contributed by atoms with E-state index in [0.717, 1.165) is 43.5 Å². The van der Waals surface area contributed by atoms with Crippen molar-refractivity contribution >= 4 is 11.1 Å². The molecule has 0 aliphatic heterocycles. The Morgan fingerprint density at radius 3 is 1.93 bits per heavy atom. The average molecular weight is 222 g/mol. The first kappa shape index (κ1) is 14.1. The molecule has 0 aliphatic rings. The first-order chi connectivity index (χ1) is 6.60. The Labute approximate surface area is 90.4 Å². The van der Waals surface area contributed by atoms with Crippen LogP contribution in [0.25, 0.3) is 0 Å². The molecule has 0 fully saturated rings. The van der Waals surface area contributed by atoms with Crippen molar-refractivity contribution in [3.8, 4) is 0 Å². The second-order valence-electron chi connectivity index (χ2n) is 3.75. The van der Waals surface area contributed by atoms with Crippen LogP contribution in [-0.4, -0.2) is 45.2 Å². The summed E-state index contributed by atoms with van der Waals surface area (Å²) in [5.74, 6) is 0.428. The molecule has 4 heteroatoms. The number of unbranched alkanes of at least 4 members (excludes halogenated alkanes) is 1. The second-order valence-corrected chi connectivity index (χ2v) is 4.80. The zero-order chi connectivity index (χ0) is 11.0. The molecule has 0 aromatic carbocycles. The van der Waals surface area contributed by atoms with Crippen LogP contribution in [0.15, 0.2) is 0 Å². The van der Waals surface area contributed by atoms with Crippen molar-refractivity contribution in [2.24, 2.45) is 0 Å². The highest BCUT2D eigenvalue weighted by Gasteiger charge is 2.19. The van der Waals surface area contributed by atoms with Gasteiger partial charge in [0.1, 0.15) is 0 Å². The van der Waals surface area contributed by atoms with E-state index in [2.05, 4.69) is 20.8 Å². The first-order valence-electron chi connectivity index (χ1n) is 5.52. The third-order valence-electron chi connectivity index (χ3n) is 3.21. The summed E-state index contributed by atoms with van der Waals surface area (Å²) in [6.45, 7) is 11.3. The van der Waals surface area contributed by atoms with Crippen LogP contribution in [-0.2, 0) is 11.1 Å². The van der Waals surface area contributed by atoms with Gasteiger partial charge in [0.15, 0.2) is 11.1 Å². The number of quaternary nitrogens is 1. The summed E-state index contributed by atoms with van der Waals surface area (Å²) in [6, 6.07) is 0. The highest BCUT2D eigenvalue weighted by atomic mass is 32.2. The minimum Gasteiger partial charge on any atom is -0.324 e. The van der Waals surface area contributed by atoms with Gasteiger partial charge in [0.05, 0.1) is 26.2 Å². The SMILES string of the molecule is CC[N+](CC)(CC)CCCCS(=O)O. The van der Waals surface area contributed by atoms with Gasteiger partial charge in [0.2, 0.25) is 0 Å². The van der Waals surface area contributed by atoms with Gasteiger partial charge >= 0.3 is 0 Å². The van der Waals surface area contributed by atoms with Gasteiger partial charge in [-0.25, -0.2) is 4.21 Å². The molecule has 0 spiro atoms. The van der Waals surface area contributed by atoms with Crippen molar-refractivity contribution in [2.75, 3.05) is 31.9 Å². The molecule has 0 saturated carbocycles. The molecular weight excluding hydrogens is 198 g/mol. The lowest BCUT2D eigenvalue weighted by atomic mass is 10.2. The predicted octanol–water partition coefficient (Wildman–Crippen LogP) is 1.86. The van der Waals surface area contributed by atoms with Crippen LogP contribution < -0.4 is 0 Å². The molecule has 14 heavy (non-hydrogen) atoms. The summed E-state index contributed by atoms with van der Waals surface area (Å²) in [6.07, 6.45) is 1.92. The number of hydrogen-bond acceptors (Lipinski definition) is 1. The zero-order valence-corrected chi connectivity index (χ0v) is 10.5. The molecule has 0 bridgehead atoms. The Bertz CT molecular complexity index is 161. The number of rotatable bonds is 8. The van der Waals surface area contributed by atoms with Crippen LogP contribution in [0.3, 0.4) is 0 Å². The monoisotopic (exact) mass is 222 g/mol. The van der Waals surface area contributed by atoms with E-state index in [9.17, 15) is 4.21 Å². The van der Waals surface area contributed by atoms with Crippen molar-refractivity contribution in [3.05, 3.63) is 0 Å². The van der Waals surface area contributed by atoms with E-state index in [0.29, 0.717) is 5.75 Å². The van der Waals surface area contributed by atoms with E-state index in [1.165, 1.54) is 0 Å². The van der Waals surface area contributed by atoms with E-state index in [1.54, 1.807) is 0 Å². The lowest BCUT2D eigenvalue weighted by Crippen LogP contribution is -2.48. The standard InChI is InChI=1S/C10H23NO2S/c1-4-11(5-2,6-3)9-7-8-10-14(12)13/h4-10H2,1-3H3/p+1. The second kappa shape index (κ2) is 7.37. The molecule has 1 N–H and O–H groups in total. The fourth-order valence-electron chi connectivity index (χ4n) is 1.82. The summed E-state index contributed by atoms with van der Waals surface area (Å²) in [4.78, 5) is 0. The lowest BCUT2D eigenvalue weighted by Gasteiger charge is -2.35. The molecular formula is C10H24NO2S+. The van der Waals surface area contributed by atoms with Crippen molar-refractivity contribution in [1.29, 1.82) is 0 Å². The third kappa shape index (κ3) is 5.08. The van der Waals surface area contributed by atoms with Crippen LogP contribution in [0.4, 0.5) is 0 Å². The van der Waals surface area contributed by atoms with Gasteiger partial charge in [-0.05, 0) is 33.6 Å². The quantitative estimate of drug-likeness (QED) is 0.387. The minimum absolute atomic E-state index is 0.428. The Morgan fingerprint density at radius 2 is 1.57 bits per heavy atom. The molecule has 0 aromatic rings. The molecule has 0 radical (unpaired) electrons. The molecule has 0 aliphatic carbocycles. The molecule has 0 amide bonds. The predicted molar refractivity (Wildman–Crippen MR) is 61.6 cm³/mol. The van der Waals surface area contributed by atoms with Crippen LogP contribution >= 0.6 is 0 Å². The highest BCUT2D eigenvalue weighted by Crippen LogP contribution is 2.08. The van der Waals surface area contributed by atoms with Crippen LogP contribution in [0, 0.1) is 0 Å². The van der Waals surface area contributed by atoms with Crippen LogP contribution in [0.5, 0.6) is 0 Å². The lowest BCUT2D eigenvalue weighted by molar-refractivity contribution is -0.923. The summed E-state index contributed by atoms with van der Waals surface area (Å²) in [7, 11) is 0. The van der Waals surface area contributed by atoms with E-state index in [-0.39, 0.29) is 0 Å². The fourth-order valence-corrected chi connectivity index (χ4v) is 2.27. The van der Waals surface area contributed by atoms with Gasteiger partial charge in [0.25, 0.3) is 0 Å². The van der Waals surface area contributed by atoms with E-state index < -0.39 is 11.1 Å². The van der Waals surface area contributed by atoms with Crippen molar-refractivity contribution in [2.45, 2.75) is 33.6 Å². The van der Waals surface area contributed by atoms with Gasteiger partial charge in [-0.1, -0.05) is 0 Å². The Kier molecular flexibility index (Phi) is 7.41. The smallest absolute Gasteiger partial charge is 0.152 e. The molecule has 0 heterocycles. The summed E-state index contributed by atoms with van der Waals surface area (Å²) < 4.78 is 20.2. The fraction of sp³-hybridized carbons (Fsp3) is 1.00. The van der Waals surface area contributed by atoms with Gasteiger partial charge in [-0.15, -0.1) is 0 Å². The van der Waals surface area contributed by atoms with Crippen molar-refractivity contribution < 1.29 is 13.2 Å². The number of hydrogen-bond donors (Lipinski definition) is 1. The normalized spacial score (nSPS) is 14.3. The van der Waals surface area contributed by atoms with E-state index >= 15 is 0 Å². The van der Waals surface area contributed by atoms with E-state index in [1.807, 2.05) is 0 Å². The van der Waals surface area contributed by atoms with Crippen molar-refractivity contribution in [1.82, 2.24) is 0 Å².